The van der Waals surface area contributed by atoms with Gasteiger partial charge >= 0.3 is 0 Å². The Balaban J connectivity index is 1.55. The highest BCUT2D eigenvalue weighted by Crippen LogP contribution is 2.49. The number of carbonyl (C=O) groups is 2. The normalized spacial score (nSPS) is 19.1. The molecule has 3 aromatic rings. The van der Waals surface area contributed by atoms with Crippen molar-refractivity contribution >= 4 is 22.5 Å². The van der Waals surface area contributed by atoms with Crippen LogP contribution in [0.25, 0.3) is 10.9 Å². The van der Waals surface area contributed by atoms with Gasteiger partial charge in [0.2, 0.25) is 0 Å². The van der Waals surface area contributed by atoms with Gasteiger partial charge in [-0.25, -0.2) is 0 Å². The largest absolute Gasteiger partial charge is 0.465 e. The highest BCUT2D eigenvalue weighted by molar-refractivity contribution is 6.07. The monoisotopic (exact) mass is 437 g/mol. The third kappa shape index (κ3) is 3.36. The van der Waals surface area contributed by atoms with E-state index >= 15 is 0 Å². The van der Waals surface area contributed by atoms with Crippen molar-refractivity contribution in [3.63, 3.8) is 0 Å². The molecule has 0 unspecified atom stereocenters. The summed E-state index contributed by atoms with van der Waals surface area (Å²) in [5, 5.41) is 1.10. The first-order valence-corrected chi connectivity index (χ1v) is 11.9. The van der Waals surface area contributed by atoms with E-state index in [9.17, 15) is 9.59 Å². The Kier molecular flexibility index (Phi) is 4.83. The van der Waals surface area contributed by atoms with Crippen molar-refractivity contribution in [3.8, 4) is 0 Å². The van der Waals surface area contributed by atoms with Crippen molar-refractivity contribution in [2.75, 3.05) is 0 Å². The van der Waals surface area contributed by atoms with Crippen LogP contribution in [0, 0.1) is 6.92 Å². The minimum Gasteiger partial charge on any atom is -0.465 e. The first-order chi connectivity index (χ1) is 16.1. The number of aryl methyl sites for hydroxylation is 1. The third-order valence-corrected chi connectivity index (χ3v) is 7.21. The SMILES string of the molecule is Cc1cccc(Cn2cc(C3C4=C(CCCC4=O)OC4=C3C(=O)CCC4)c3ccccc32)c1. The van der Waals surface area contributed by atoms with Crippen LogP contribution in [-0.4, -0.2) is 16.1 Å². The van der Waals surface area contributed by atoms with Gasteiger partial charge in [0.25, 0.3) is 0 Å². The minimum absolute atomic E-state index is 0.127. The van der Waals surface area contributed by atoms with Crippen LogP contribution in [-0.2, 0) is 20.9 Å². The quantitative estimate of drug-likeness (QED) is 0.495. The first kappa shape index (κ1) is 20.2. The Bertz CT molecular complexity index is 1330. The van der Waals surface area contributed by atoms with Crippen molar-refractivity contribution in [1.29, 1.82) is 0 Å². The number of carbonyl (C=O) groups excluding carboxylic acids is 2. The molecule has 0 spiro atoms. The Morgan fingerprint density at radius 1 is 0.879 bits per heavy atom. The van der Waals surface area contributed by atoms with Gasteiger partial charge in [-0.2, -0.15) is 0 Å². The van der Waals surface area contributed by atoms with Crippen LogP contribution in [0.15, 0.2) is 77.4 Å². The van der Waals surface area contributed by atoms with Crippen LogP contribution in [0.4, 0.5) is 0 Å². The molecular formula is C29H27NO3. The molecule has 4 heteroatoms. The van der Waals surface area contributed by atoms with Gasteiger partial charge in [-0.1, -0.05) is 48.0 Å². The highest BCUT2D eigenvalue weighted by atomic mass is 16.5. The number of ether oxygens (including phenoxy) is 1. The van der Waals surface area contributed by atoms with Crippen LogP contribution in [0.3, 0.4) is 0 Å². The summed E-state index contributed by atoms with van der Waals surface area (Å²) in [6.45, 7) is 2.85. The fourth-order valence-corrected chi connectivity index (χ4v) is 5.77. The molecule has 0 saturated carbocycles. The zero-order valence-corrected chi connectivity index (χ0v) is 18.9. The maximum atomic E-state index is 13.2. The van der Waals surface area contributed by atoms with Crippen LogP contribution >= 0.6 is 0 Å². The molecule has 0 saturated heterocycles. The molecule has 4 nitrogen and oxygen atoms in total. The van der Waals surface area contributed by atoms with Crippen LogP contribution < -0.4 is 0 Å². The molecule has 2 heterocycles. The van der Waals surface area contributed by atoms with Gasteiger partial charge in [0, 0.05) is 66.4 Å². The number of hydrogen-bond acceptors (Lipinski definition) is 3. The molecule has 1 aliphatic heterocycles. The number of para-hydroxylation sites is 1. The van der Waals surface area contributed by atoms with Crippen molar-refractivity contribution in [2.45, 2.75) is 57.9 Å². The summed E-state index contributed by atoms with van der Waals surface area (Å²) in [7, 11) is 0. The summed E-state index contributed by atoms with van der Waals surface area (Å²) < 4.78 is 8.49. The fraction of sp³-hybridized carbons (Fsp3) is 0.310. The highest BCUT2D eigenvalue weighted by Gasteiger charge is 2.42. The average Bonchev–Trinajstić information content (AvgIpc) is 3.16. The maximum absolute atomic E-state index is 13.2. The molecule has 166 valence electrons. The van der Waals surface area contributed by atoms with Gasteiger partial charge in [0.1, 0.15) is 11.5 Å². The summed E-state index contributed by atoms with van der Waals surface area (Å²) >= 11 is 0. The lowest BCUT2D eigenvalue weighted by atomic mass is 9.73. The maximum Gasteiger partial charge on any atom is 0.163 e. The Labute approximate surface area is 193 Å². The van der Waals surface area contributed by atoms with Gasteiger partial charge in [-0.3, -0.25) is 9.59 Å². The van der Waals surface area contributed by atoms with Gasteiger partial charge < -0.3 is 9.30 Å². The van der Waals surface area contributed by atoms with Crippen LogP contribution in [0.2, 0.25) is 0 Å². The number of benzene rings is 2. The van der Waals surface area contributed by atoms with E-state index in [1.807, 2.05) is 6.07 Å². The van der Waals surface area contributed by atoms with E-state index in [2.05, 4.69) is 60.2 Å². The second-order valence-electron chi connectivity index (χ2n) is 9.48. The summed E-state index contributed by atoms with van der Waals surface area (Å²) in [6, 6.07) is 16.9. The molecule has 2 aliphatic carbocycles. The summed E-state index contributed by atoms with van der Waals surface area (Å²) in [5.41, 5.74) is 6.07. The molecule has 3 aliphatic rings. The minimum atomic E-state index is -0.326. The van der Waals surface area contributed by atoms with E-state index in [-0.39, 0.29) is 17.5 Å². The second-order valence-corrected chi connectivity index (χ2v) is 9.48. The van der Waals surface area contributed by atoms with Crippen LogP contribution in [0.5, 0.6) is 0 Å². The van der Waals surface area contributed by atoms with E-state index in [4.69, 9.17) is 4.74 Å². The van der Waals surface area contributed by atoms with Crippen molar-refractivity contribution < 1.29 is 14.3 Å². The van der Waals surface area contributed by atoms with Crippen molar-refractivity contribution in [1.82, 2.24) is 4.57 Å². The third-order valence-electron chi connectivity index (χ3n) is 7.21. The van der Waals surface area contributed by atoms with E-state index in [1.165, 1.54) is 11.1 Å². The lowest BCUT2D eigenvalue weighted by Crippen LogP contribution is -2.30. The molecule has 0 atom stereocenters. The number of hydrogen-bond donors (Lipinski definition) is 0. The molecule has 1 aromatic heterocycles. The van der Waals surface area contributed by atoms with Gasteiger partial charge in [-0.15, -0.1) is 0 Å². The molecule has 0 N–H and O–H groups in total. The summed E-state index contributed by atoms with van der Waals surface area (Å²) in [4.78, 5) is 26.4. The molecule has 0 amide bonds. The average molecular weight is 438 g/mol. The lowest BCUT2D eigenvalue weighted by Gasteiger charge is -2.35. The zero-order valence-electron chi connectivity index (χ0n) is 18.9. The summed E-state index contributed by atoms with van der Waals surface area (Å²) in [5.74, 6) is 1.51. The Hall–Kier alpha value is -3.40. The molecule has 0 bridgehead atoms. The number of fused-ring (bicyclic) bond motifs is 1. The van der Waals surface area contributed by atoms with E-state index in [1.54, 1.807) is 0 Å². The second kappa shape index (κ2) is 7.87. The number of ketones is 2. The molecule has 2 aromatic carbocycles. The topological polar surface area (TPSA) is 48.3 Å². The van der Waals surface area contributed by atoms with Gasteiger partial charge in [0.15, 0.2) is 11.6 Å². The number of nitrogens with zero attached hydrogens (tertiary/aromatic N) is 1. The Morgan fingerprint density at radius 3 is 2.27 bits per heavy atom. The van der Waals surface area contributed by atoms with E-state index in [0.29, 0.717) is 24.0 Å². The predicted molar refractivity (Wildman–Crippen MR) is 128 cm³/mol. The lowest BCUT2D eigenvalue weighted by molar-refractivity contribution is -0.117. The number of allylic oxidation sites excluding steroid dienone is 4. The number of rotatable bonds is 3. The molecule has 33 heavy (non-hydrogen) atoms. The zero-order chi connectivity index (χ0) is 22.5. The molecule has 0 radical (unpaired) electrons. The van der Waals surface area contributed by atoms with Crippen molar-refractivity contribution in [3.05, 3.63) is 94.1 Å². The molecule has 6 rings (SSSR count). The smallest absolute Gasteiger partial charge is 0.163 e. The number of aromatic nitrogens is 1. The molecule has 0 fully saturated rings. The standard InChI is InChI=1S/C29H27NO3/c1-18-7-4-8-19(15-18)16-30-17-21(20-9-2-3-10-22(20)30)27-28-23(31)11-5-13-25(28)33-26-14-6-12-24(32)29(26)27/h2-4,7-10,15,17,27H,5-6,11-14,16H2,1H3. The van der Waals surface area contributed by atoms with Crippen LogP contribution in [0.1, 0.15) is 61.1 Å². The van der Waals surface area contributed by atoms with E-state index < -0.39 is 0 Å². The summed E-state index contributed by atoms with van der Waals surface area (Å²) in [6.07, 6.45) is 6.39. The molecular weight excluding hydrogens is 410 g/mol. The Morgan fingerprint density at radius 2 is 1.58 bits per heavy atom. The van der Waals surface area contributed by atoms with Gasteiger partial charge in [0.05, 0.1) is 0 Å². The predicted octanol–water partition coefficient (Wildman–Crippen LogP) is 6.13. The van der Waals surface area contributed by atoms with Gasteiger partial charge in [-0.05, 0) is 37.0 Å². The number of Topliss-reactive ketones (excluding diaryl/α,β-unsaturated/α-hetero) is 2. The first-order valence-electron chi connectivity index (χ1n) is 11.9. The fourth-order valence-electron chi connectivity index (χ4n) is 5.77. The van der Waals surface area contributed by atoms with E-state index in [0.717, 1.165) is 60.2 Å². The van der Waals surface area contributed by atoms with Crippen molar-refractivity contribution in [2.24, 2.45) is 0 Å².